The van der Waals surface area contributed by atoms with Crippen molar-refractivity contribution >= 4 is 0 Å². The van der Waals surface area contributed by atoms with Gasteiger partial charge in [0.2, 0.25) is 0 Å². The number of phenolic OH excluding ortho intramolecular Hbond substituents is 1. The number of halogens is 1. The Morgan fingerprint density at radius 2 is 2.12 bits per heavy atom. The number of hydrogen-bond donors (Lipinski definition) is 3. The lowest BCUT2D eigenvalue weighted by molar-refractivity contribution is 0.260. The Morgan fingerprint density at radius 3 is 2.75 bits per heavy atom. The molecule has 1 atom stereocenters. The molecule has 0 spiro atoms. The van der Waals surface area contributed by atoms with Gasteiger partial charge >= 0.3 is 0 Å². The maximum absolute atomic E-state index is 12.9. The molecule has 0 aromatic heterocycles. The Balaban J connectivity index is 2.37. The number of rotatable bonds is 6. The van der Waals surface area contributed by atoms with Gasteiger partial charge in [-0.15, -0.1) is 0 Å². The van der Waals surface area contributed by atoms with E-state index >= 15 is 0 Å². The lowest BCUT2D eigenvalue weighted by Gasteiger charge is -2.11. The Morgan fingerprint density at radius 1 is 1.38 bits per heavy atom. The predicted octanol–water partition coefficient (Wildman–Crippen LogP) is 1.64. The maximum Gasteiger partial charge on any atom is 0.127 e. The molecule has 3 N–H and O–H groups in total. The summed E-state index contributed by atoms with van der Waals surface area (Å²) in [5.74, 6) is -0.104. The van der Waals surface area contributed by atoms with Crippen LogP contribution in [0, 0.1) is 11.7 Å². The van der Waals surface area contributed by atoms with Crippen LogP contribution < -0.4 is 5.32 Å². The minimum absolute atomic E-state index is 0.0554. The topological polar surface area (TPSA) is 52.5 Å². The van der Waals surface area contributed by atoms with Crippen LogP contribution in [-0.2, 0) is 6.54 Å². The molecule has 3 nitrogen and oxygen atoms in total. The third-order valence-corrected chi connectivity index (χ3v) is 2.39. The van der Waals surface area contributed by atoms with Crippen LogP contribution in [0.3, 0.4) is 0 Å². The highest BCUT2D eigenvalue weighted by Crippen LogP contribution is 2.14. The summed E-state index contributed by atoms with van der Waals surface area (Å²) in [6, 6.07) is 4.01. The number of phenols is 1. The Labute approximate surface area is 94.9 Å². The zero-order chi connectivity index (χ0) is 12.0. The molecule has 0 aliphatic rings. The molecule has 0 fully saturated rings. The molecule has 16 heavy (non-hydrogen) atoms. The van der Waals surface area contributed by atoms with Crippen molar-refractivity contribution in [3.8, 4) is 5.75 Å². The molecule has 0 aliphatic heterocycles. The normalized spacial score (nSPS) is 12.7. The molecule has 0 aliphatic carbocycles. The van der Waals surface area contributed by atoms with Gasteiger partial charge in [0, 0.05) is 19.2 Å². The van der Waals surface area contributed by atoms with Gasteiger partial charge in [0.1, 0.15) is 11.6 Å². The third-order valence-electron chi connectivity index (χ3n) is 2.39. The largest absolute Gasteiger partial charge is 0.508 e. The first kappa shape index (κ1) is 12.9. The van der Waals surface area contributed by atoms with Crippen LogP contribution in [-0.4, -0.2) is 23.4 Å². The summed E-state index contributed by atoms with van der Waals surface area (Å²) in [6.07, 6.45) is 0.751. The fourth-order valence-electron chi connectivity index (χ4n) is 1.52. The summed E-state index contributed by atoms with van der Waals surface area (Å²) in [5, 5.41) is 21.1. The van der Waals surface area contributed by atoms with E-state index in [9.17, 15) is 9.50 Å². The molecule has 0 radical (unpaired) electrons. The van der Waals surface area contributed by atoms with Crippen LogP contribution in [0.1, 0.15) is 18.9 Å². The van der Waals surface area contributed by atoms with E-state index in [2.05, 4.69) is 5.32 Å². The third kappa shape index (κ3) is 4.59. The predicted molar refractivity (Wildman–Crippen MR) is 60.6 cm³/mol. The second-order valence-corrected chi connectivity index (χ2v) is 4.07. The average Bonchev–Trinajstić information content (AvgIpc) is 2.16. The highest BCUT2D eigenvalue weighted by atomic mass is 19.1. The molecule has 4 heteroatoms. The van der Waals surface area contributed by atoms with Crippen molar-refractivity contribution in [2.24, 2.45) is 5.92 Å². The second-order valence-electron chi connectivity index (χ2n) is 4.07. The highest BCUT2D eigenvalue weighted by Gasteiger charge is 2.02. The summed E-state index contributed by atoms with van der Waals surface area (Å²) in [6.45, 7) is 3.49. The molecule has 1 aromatic carbocycles. The van der Waals surface area contributed by atoms with Crippen LogP contribution in [0.5, 0.6) is 5.75 Å². The fourth-order valence-corrected chi connectivity index (χ4v) is 1.52. The van der Waals surface area contributed by atoms with E-state index in [1.54, 1.807) is 0 Å². The summed E-state index contributed by atoms with van der Waals surface area (Å²) >= 11 is 0. The lowest BCUT2D eigenvalue weighted by atomic mass is 10.1. The van der Waals surface area contributed by atoms with Gasteiger partial charge in [0.05, 0.1) is 0 Å². The van der Waals surface area contributed by atoms with Crippen molar-refractivity contribution in [3.63, 3.8) is 0 Å². The van der Waals surface area contributed by atoms with Crippen molar-refractivity contribution in [2.75, 3.05) is 13.2 Å². The van der Waals surface area contributed by atoms with E-state index in [-0.39, 0.29) is 12.4 Å². The van der Waals surface area contributed by atoms with Crippen molar-refractivity contribution in [1.82, 2.24) is 5.32 Å². The van der Waals surface area contributed by atoms with Crippen molar-refractivity contribution in [3.05, 3.63) is 29.6 Å². The van der Waals surface area contributed by atoms with Gasteiger partial charge < -0.3 is 15.5 Å². The van der Waals surface area contributed by atoms with Gasteiger partial charge in [-0.3, -0.25) is 0 Å². The van der Waals surface area contributed by atoms with Crippen LogP contribution in [0.25, 0.3) is 0 Å². The van der Waals surface area contributed by atoms with Crippen LogP contribution in [0.2, 0.25) is 0 Å². The van der Waals surface area contributed by atoms with Crippen LogP contribution >= 0.6 is 0 Å². The Bertz CT molecular complexity index is 311. The van der Waals surface area contributed by atoms with Gasteiger partial charge in [-0.05, 0) is 36.6 Å². The number of benzene rings is 1. The molecule has 0 saturated heterocycles. The quantitative estimate of drug-likeness (QED) is 0.692. The first-order valence-corrected chi connectivity index (χ1v) is 5.42. The number of aliphatic hydroxyl groups is 1. The summed E-state index contributed by atoms with van der Waals surface area (Å²) in [5.41, 5.74) is 0.716. The molecule has 0 saturated carbocycles. The molecule has 0 bridgehead atoms. The van der Waals surface area contributed by atoms with E-state index in [1.807, 2.05) is 6.92 Å². The molecule has 0 heterocycles. The summed E-state index contributed by atoms with van der Waals surface area (Å²) < 4.78 is 12.9. The van der Waals surface area contributed by atoms with E-state index < -0.39 is 5.82 Å². The van der Waals surface area contributed by atoms with Gasteiger partial charge in [-0.2, -0.15) is 0 Å². The Hall–Kier alpha value is -1.13. The maximum atomic E-state index is 12.9. The standard InChI is InChI=1S/C12H18FNO2/c1-9(2-3-15)7-14-8-10-4-11(13)6-12(16)5-10/h4-6,9,14-16H,2-3,7-8H2,1H3. The highest BCUT2D eigenvalue weighted by molar-refractivity contribution is 5.28. The van der Waals surface area contributed by atoms with Crippen LogP contribution in [0.15, 0.2) is 18.2 Å². The first-order valence-electron chi connectivity index (χ1n) is 5.42. The second kappa shape index (κ2) is 6.45. The molecule has 1 aromatic rings. The Kier molecular flexibility index (Phi) is 5.22. The van der Waals surface area contributed by atoms with Gasteiger partial charge in [-0.1, -0.05) is 6.92 Å². The van der Waals surface area contributed by atoms with E-state index in [0.29, 0.717) is 18.0 Å². The number of hydrogen-bond acceptors (Lipinski definition) is 3. The fraction of sp³-hybridized carbons (Fsp3) is 0.500. The van der Waals surface area contributed by atoms with E-state index in [0.717, 1.165) is 19.0 Å². The SMILES string of the molecule is CC(CCO)CNCc1cc(O)cc(F)c1. The monoisotopic (exact) mass is 227 g/mol. The smallest absolute Gasteiger partial charge is 0.127 e. The molecule has 0 amide bonds. The number of aromatic hydroxyl groups is 1. The van der Waals surface area contributed by atoms with E-state index in [1.165, 1.54) is 12.1 Å². The lowest BCUT2D eigenvalue weighted by Crippen LogP contribution is -2.21. The van der Waals surface area contributed by atoms with Gasteiger partial charge in [0.25, 0.3) is 0 Å². The minimum Gasteiger partial charge on any atom is -0.508 e. The van der Waals surface area contributed by atoms with E-state index in [4.69, 9.17) is 5.11 Å². The number of aliphatic hydroxyl groups excluding tert-OH is 1. The zero-order valence-corrected chi connectivity index (χ0v) is 9.41. The first-order chi connectivity index (χ1) is 7.61. The van der Waals surface area contributed by atoms with Crippen molar-refractivity contribution in [1.29, 1.82) is 0 Å². The summed E-state index contributed by atoms with van der Waals surface area (Å²) in [7, 11) is 0. The number of nitrogens with one attached hydrogen (secondary N) is 1. The average molecular weight is 227 g/mol. The van der Waals surface area contributed by atoms with Gasteiger partial charge in [0.15, 0.2) is 0 Å². The van der Waals surface area contributed by atoms with Crippen LogP contribution in [0.4, 0.5) is 4.39 Å². The summed E-state index contributed by atoms with van der Waals surface area (Å²) in [4.78, 5) is 0. The molecular weight excluding hydrogens is 209 g/mol. The van der Waals surface area contributed by atoms with Crippen molar-refractivity contribution in [2.45, 2.75) is 19.9 Å². The minimum atomic E-state index is -0.430. The molecule has 1 unspecified atom stereocenters. The molecular formula is C12H18FNO2. The molecule has 1 rings (SSSR count). The van der Waals surface area contributed by atoms with Gasteiger partial charge in [-0.25, -0.2) is 4.39 Å². The van der Waals surface area contributed by atoms with Crippen molar-refractivity contribution < 1.29 is 14.6 Å². The zero-order valence-electron chi connectivity index (χ0n) is 9.41. The molecule has 90 valence electrons.